The Morgan fingerprint density at radius 1 is 1.02 bits per heavy atom. The van der Waals surface area contributed by atoms with E-state index >= 15 is 0 Å². The zero-order valence-corrected chi connectivity index (χ0v) is 24.0. The van der Waals surface area contributed by atoms with Crippen LogP contribution in [0.25, 0.3) is 5.69 Å². The molecule has 1 aromatic heterocycles. The number of fused-ring (bicyclic) bond motifs is 5. The summed E-state index contributed by atoms with van der Waals surface area (Å²) in [7, 11) is 0. The molecule has 3 atom stereocenters. The monoisotopic (exact) mass is 575 g/mol. The van der Waals surface area contributed by atoms with Gasteiger partial charge < -0.3 is 18.9 Å². The summed E-state index contributed by atoms with van der Waals surface area (Å²) in [5, 5.41) is 0. The summed E-state index contributed by atoms with van der Waals surface area (Å²) < 4.78 is 27.7. The minimum absolute atomic E-state index is 0.100. The molecule has 0 spiro atoms. The molecule has 0 amide bonds. The molecule has 42 heavy (non-hydrogen) atoms. The van der Waals surface area contributed by atoms with E-state index in [1.165, 1.54) is 23.2 Å². The third kappa shape index (κ3) is 4.87. The molecule has 11 nitrogen and oxygen atoms in total. The molecule has 3 aliphatic heterocycles. The fourth-order valence-electron chi connectivity index (χ4n) is 5.95. The van der Waals surface area contributed by atoms with Gasteiger partial charge in [-0.15, -0.1) is 0 Å². The Bertz CT molecular complexity index is 1710. The molecule has 2 aromatic carbocycles. The Kier molecular flexibility index (Phi) is 6.92. The van der Waals surface area contributed by atoms with Crippen molar-refractivity contribution in [3.8, 4) is 17.2 Å². The molecule has 220 valence electrons. The minimum Gasteiger partial charge on any atom is -0.483 e. The third-order valence-corrected chi connectivity index (χ3v) is 8.00. The Labute approximate surface area is 241 Å². The predicted molar refractivity (Wildman–Crippen MR) is 151 cm³/mol. The first-order valence-corrected chi connectivity index (χ1v) is 14.1. The Hall–Kier alpha value is -4.38. The highest BCUT2D eigenvalue weighted by molar-refractivity contribution is 5.94. The number of nitrogens with zero attached hydrogens (tertiary/aromatic N) is 3. The van der Waals surface area contributed by atoms with E-state index in [9.17, 15) is 19.2 Å². The van der Waals surface area contributed by atoms with Crippen LogP contribution in [-0.2, 0) is 20.8 Å². The lowest BCUT2D eigenvalue weighted by atomic mass is 9.83. The highest BCUT2D eigenvalue weighted by Crippen LogP contribution is 2.47. The second-order valence-corrected chi connectivity index (χ2v) is 11.3. The summed E-state index contributed by atoms with van der Waals surface area (Å²) in [5.41, 5.74) is 0.776. The standard InChI is InChI=1S/C31H33N3O8/c1-18(35)20-8-10-21(11-9-20)33-29(37)32-15-14-25-28(34(32)30(33)38)24-13-12-22(16-26(24)42-31(25,3)4)40-27-7-5-6-23(41-27)17-39-19(2)36/h8-14,16,23,27-28H,5-7,15,17H2,1-4H3/t23-,27-,28?/m1/s1. The normalized spacial score (nSPS) is 22.1. The van der Waals surface area contributed by atoms with E-state index in [2.05, 4.69) is 0 Å². The van der Waals surface area contributed by atoms with Gasteiger partial charge in [0.2, 0.25) is 0 Å². The highest BCUT2D eigenvalue weighted by Gasteiger charge is 2.44. The number of benzene rings is 2. The second kappa shape index (κ2) is 10.5. The fourth-order valence-corrected chi connectivity index (χ4v) is 5.95. The van der Waals surface area contributed by atoms with E-state index < -0.39 is 29.3 Å². The van der Waals surface area contributed by atoms with Crippen LogP contribution in [0.15, 0.2) is 63.7 Å². The second-order valence-electron chi connectivity index (χ2n) is 11.3. The average molecular weight is 576 g/mol. The topological polar surface area (TPSA) is 120 Å². The molecule has 4 heterocycles. The number of ketones is 1. The van der Waals surface area contributed by atoms with Crippen LogP contribution in [0.5, 0.6) is 11.5 Å². The molecule has 1 unspecified atom stereocenters. The number of carbonyl (C=O) groups excluding carboxylic acids is 2. The van der Waals surface area contributed by atoms with Crippen molar-refractivity contribution in [2.45, 2.75) is 77.5 Å². The van der Waals surface area contributed by atoms with Crippen molar-refractivity contribution in [1.29, 1.82) is 0 Å². The fraction of sp³-hybridized carbons (Fsp3) is 0.419. The van der Waals surface area contributed by atoms with Gasteiger partial charge in [-0.3, -0.25) is 9.59 Å². The first-order chi connectivity index (χ1) is 20.0. The zero-order valence-electron chi connectivity index (χ0n) is 24.0. The average Bonchev–Trinajstić information content (AvgIpc) is 3.21. The van der Waals surface area contributed by atoms with Gasteiger partial charge in [0.25, 0.3) is 0 Å². The summed E-state index contributed by atoms with van der Waals surface area (Å²) in [5.74, 6) is 0.631. The van der Waals surface area contributed by atoms with E-state index in [4.69, 9.17) is 18.9 Å². The predicted octanol–water partition coefficient (Wildman–Crippen LogP) is 3.54. The lowest BCUT2D eigenvalue weighted by Crippen LogP contribution is -2.46. The number of esters is 1. The molecule has 0 bridgehead atoms. The molecule has 0 radical (unpaired) electrons. The number of ether oxygens (including phenoxy) is 4. The van der Waals surface area contributed by atoms with Crippen LogP contribution >= 0.6 is 0 Å². The molecular formula is C31H33N3O8. The highest BCUT2D eigenvalue weighted by atomic mass is 16.7. The molecule has 0 aliphatic carbocycles. The summed E-state index contributed by atoms with van der Waals surface area (Å²) in [6.07, 6.45) is 3.55. The van der Waals surface area contributed by atoms with Crippen molar-refractivity contribution in [2.75, 3.05) is 6.61 Å². The minimum atomic E-state index is -0.765. The van der Waals surface area contributed by atoms with Gasteiger partial charge in [-0.2, -0.15) is 0 Å². The Balaban J connectivity index is 1.34. The number of hydrogen-bond acceptors (Lipinski definition) is 8. The lowest BCUT2D eigenvalue weighted by Gasteiger charge is -2.42. The van der Waals surface area contributed by atoms with E-state index in [1.54, 1.807) is 36.4 Å². The molecule has 0 N–H and O–H groups in total. The summed E-state index contributed by atoms with van der Waals surface area (Å²) in [6, 6.07) is 11.3. The van der Waals surface area contributed by atoms with Crippen LogP contribution in [0.3, 0.4) is 0 Å². The lowest BCUT2D eigenvalue weighted by molar-refractivity contribution is -0.172. The molecule has 11 heteroatoms. The van der Waals surface area contributed by atoms with Crippen molar-refractivity contribution < 1.29 is 28.5 Å². The van der Waals surface area contributed by atoms with E-state index in [0.29, 0.717) is 29.2 Å². The molecule has 1 saturated heterocycles. The first-order valence-electron chi connectivity index (χ1n) is 14.1. The Morgan fingerprint density at radius 2 is 1.79 bits per heavy atom. The maximum atomic E-state index is 13.9. The van der Waals surface area contributed by atoms with Gasteiger partial charge in [0.05, 0.1) is 18.3 Å². The summed E-state index contributed by atoms with van der Waals surface area (Å²) in [4.78, 5) is 50.3. The van der Waals surface area contributed by atoms with Crippen LogP contribution in [-0.4, -0.2) is 50.3 Å². The van der Waals surface area contributed by atoms with E-state index in [1.807, 2.05) is 26.0 Å². The van der Waals surface area contributed by atoms with E-state index in [-0.39, 0.29) is 31.0 Å². The van der Waals surface area contributed by atoms with Crippen LogP contribution in [0, 0.1) is 0 Å². The maximum absolute atomic E-state index is 13.9. The number of rotatable bonds is 6. The van der Waals surface area contributed by atoms with Gasteiger partial charge in [0.1, 0.15) is 29.7 Å². The SMILES string of the molecule is CC(=O)OC[C@H]1CCC[C@H](Oc2ccc3c(c2)OC(C)(C)C2=CCn4c(=O)n(-c5ccc(C(C)=O)cc5)c(=O)n4C23)O1. The number of Topliss-reactive ketones (excluding diaryl/α,β-unsaturated/α-hetero) is 1. The van der Waals surface area contributed by atoms with Gasteiger partial charge in [-0.05, 0) is 75.6 Å². The molecule has 3 aromatic rings. The van der Waals surface area contributed by atoms with Crippen LogP contribution in [0.4, 0.5) is 0 Å². The van der Waals surface area contributed by atoms with Crippen molar-refractivity contribution in [3.05, 3.63) is 86.2 Å². The van der Waals surface area contributed by atoms with Gasteiger partial charge in [-0.1, -0.05) is 6.08 Å². The smallest absolute Gasteiger partial charge is 0.352 e. The van der Waals surface area contributed by atoms with Crippen LogP contribution in [0.1, 0.15) is 68.9 Å². The van der Waals surface area contributed by atoms with E-state index in [0.717, 1.165) is 28.5 Å². The number of aromatic nitrogens is 3. The molecule has 1 fully saturated rings. The zero-order chi connectivity index (χ0) is 29.8. The van der Waals surface area contributed by atoms with Crippen molar-refractivity contribution in [2.24, 2.45) is 0 Å². The van der Waals surface area contributed by atoms with Gasteiger partial charge in [0.15, 0.2) is 12.1 Å². The van der Waals surface area contributed by atoms with Gasteiger partial charge >= 0.3 is 17.3 Å². The molecule has 3 aliphatic rings. The van der Waals surface area contributed by atoms with Gasteiger partial charge in [0, 0.05) is 30.5 Å². The number of carbonyl (C=O) groups is 2. The van der Waals surface area contributed by atoms with Crippen molar-refractivity contribution in [3.63, 3.8) is 0 Å². The number of allylic oxidation sites excluding steroid dienone is 1. The number of hydrogen-bond donors (Lipinski definition) is 0. The Morgan fingerprint density at radius 3 is 2.50 bits per heavy atom. The quantitative estimate of drug-likeness (QED) is 0.249. The third-order valence-electron chi connectivity index (χ3n) is 8.00. The van der Waals surface area contributed by atoms with Crippen molar-refractivity contribution >= 4 is 11.8 Å². The maximum Gasteiger partial charge on any atom is 0.352 e. The van der Waals surface area contributed by atoms with Crippen LogP contribution < -0.4 is 20.9 Å². The molecule has 6 rings (SSSR count). The summed E-state index contributed by atoms with van der Waals surface area (Å²) in [6.45, 7) is 7.10. The van der Waals surface area contributed by atoms with Gasteiger partial charge in [-0.25, -0.2) is 23.5 Å². The summed E-state index contributed by atoms with van der Waals surface area (Å²) >= 11 is 0. The first kappa shape index (κ1) is 27.8. The van der Waals surface area contributed by atoms with Crippen LogP contribution in [0.2, 0.25) is 0 Å². The van der Waals surface area contributed by atoms with Crippen molar-refractivity contribution in [1.82, 2.24) is 13.9 Å². The molecule has 0 saturated carbocycles. The molecular weight excluding hydrogens is 542 g/mol. The largest absolute Gasteiger partial charge is 0.483 e.